The monoisotopic (exact) mass is 313 g/mol. The lowest BCUT2D eigenvalue weighted by molar-refractivity contribution is 0.0123. The van der Waals surface area contributed by atoms with Crippen LogP contribution in [0.4, 0.5) is 5.69 Å². The molecule has 1 saturated heterocycles. The van der Waals surface area contributed by atoms with Gasteiger partial charge >= 0.3 is 0 Å². The second-order valence-corrected chi connectivity index (χ2v) is 6.81. The smallest absolute Gasteiger partial charge is 0.244 e. The molecule has 21 heavy (non-hydrogen) atoms. The molecule has 2 N–H and O–H groups in total. The van der Waals surface area contributed by atoms with Gasteiger partial charge < -0.3 is 10.1 Å². The molecule has 1 aliphatic rings. The Morgan fingerprint density at radius 3 is 3.00 bits per heavy atom. The molecule has 1 aromatic rings. The minimum Gasteiger partial charge on any atom is -0.384 e. The Morgan fingerprint density at radius 1 is 1.43 bits per heavy atom. The molecular formula is C14H23N3O3S. The highest BCUT2D eigenvalue weighted by atomic mass is 32.2. The van der Waals surface area contributed by atoms with Crippen molar-refractivity contribution in [2.45, 2.75) is 43.6 Å². The molecule has 0 radical (unpaired) electrons. The molecule has 0 saturated carbocycles. The maximum Gasteiger partial charge on any atom is 0.244 e. The lowest BCUT2D eigenvalue weighted by atomic mass is 10.1. The van der Waals surface area contributed by atoms with Gasteiger partial charge in [0.2, 0.25) is 10.0 Å². The zero-order valence-corrected chi connectivity index (χ0v) is 13.2. The van der Waals surface area contributed by atoms with Gasteiger partial charge in [0.1, 0.15) is 4.90 Å². The standard InChI is InChI=1S/C14H23N3O3S/c1-2-16-13-7-8-15-11-14(13)21(18,19)17-9-6-12-5-3-4-10-20-12/h7-8,11-12,17H,2-6,9-10H2,1H3,(H,15,16). The zero-order chi connectivity index (χ0) is 15.1. The van der Waals surface area contributed by atoms with Crippen molar-refractivity contribution in [3.8, 4) is 0 Å². The van der Waals surface area contributed by atoms with Crippen LogP contribution < -0.4 is 10.0 Å². The van der Waals surface area contributed by atoms with E-state index in [-0.39, 0.29) is 11.0 Å². The minimum atomic E-state index is -3.54. The molecule has 2 rings (SSSR count). The quantitative estimate of drug-likeness (QED) is 0.801. The SMILES string of the molecule is CCNc1ccncc1S(=O)(=O)NCCC1CCCCO1. The number of nitrogens with one attached hydrogen (secondary N) is 2. The molecule has 0 spiro atoms. The molecule has 0 bridgehead atoms. The molecular weight excluding hydrogens is 290 g/mol. The van der Waals surface area contributed by atoms with Crippen LogP contribution in [0.2, 0.25) is 0 Å². The van der Waals surface area contributed by atoms with E-state index in [2.05, 4.69) is 15.0 Å². The number of hydrogen-bond acceptors (Lipinski definition) is 5. The highest BCUT2D eigenvalue weighted by molar-refractivity contribution is 7.89. The predicted octanol–water partition coefficient (Wildman–Crippen LogP) is 1.75. The van der Waals surface area contributed by atoms with E-state index in [9.17, 15) is 8.42 Å². The fourth-order valence-electron chi connectivity index (χ4n) is 2.40. The van der Waals surface area contributed by atoms with Crippen molar-refractivity contribution in [3.05, 3.63) is 18.5 Å². The van der Waals surface area contributed by atoms with E-state index in [0.29, 0.717) is 25.2 Å². The van der Waals surface area contributed by atoms with Gasteiger partial charge in [0.05, 0.1) is 11.8 Å². The number of hydrogen-bond donors (Lipinski definition) is 2. The van der Waals surface area contributed by atoms with Gasteiger partial charge in [-0.2, -0.15) is 0 Å². The van der Waals surface area contributed by atoms with E-state index in [1.807, 2.05) is 6.92 Å². The Morgan fingerprint density at radius 2 is 2.29 bits per heavy atom. The van der Waals surface area contributed by atoms with Gasteiger partial charge in [-0.3, -0.25) is 4.98 Å². The highest BCUT2D eigenvalue weighted by Gasteiger charge is 2.20. The first kappa shape index (κ1) is 16.2. The third kappa shape index (κ3) is 4.66. The fraction of sp³-hybridized carbons (Fsp3) is 0.643. The van der Waals surface area contributed by atoms with Crippen molar-refractivity contribution in [2.75, 3.05) is 25.0 Å². The third-order valence-electron chi connectivity index (χ3n) is 3.47. The normalized spacial score (nSPS) is 19.4. The lowest BCUT2D eigenvalue weighted by Gasteiger charge is -2.22. The summed E-state index contributed by atoms with van der Waals surface area (Å²) < 4.78 is 32.9. The molecule has 1 unspecified atom stereocenters. The second-order valence-electron chi connectivity index (χ2n) is 5.08. The summed E-state index contributed by atoms with van der Waals surface area (Å²) in [5.74, 6) is 0. The highest BCUT2D eigenvalue weighted by Crippen LogP contribution is 2.20. The van der Waals surface area contributed by atoms with Crippen LogP contribution in [-0.4, -0.2) is 39.2 Å². The van der Waals surface area contributed by atoms with Crippen molar-refractivity contribution in [2.24, 2.45) is 0 Å². The molecule has 1 aromatic heterocycles. The summed E-state index contributed by atoms with van der Waals surface area (Å²) in [7, 11) is -3.54. The number of aromatic nitrogens is 1. The molecule has 0 aliphatic carbocycles. The largest absolute Gasteiger partial charge is 0.384 e. The summed E-state index contributed by atoms with van der Waals surface area (Å²) in [6, 6.07) is 1.67. The number of sulfonamides is 1. The molecule has 1 fully saturated rings. The van der Waals surface area contributed by atoms with Crippen LogP contribution in [0.5, 0.6) is 0 Å². The first-order valence-electron chi connectivity index (χ1n) is 7.42. The number of ether oxygens (including phenoxy) is 1. The van der Waals surface area contributed by atoms with Crippen molar-refractivity contribution < 1.29 is 13.2 Å². The van der Waals surface area contributed by atoms with Crippen molar-refractivity contribution in [1.82, 2.24) is 9.71 Å². The van der Waals surface area contributed by atoms with E-state index < -0.39 is 10.0 Å². The lowest BCUT2D eigenvalue weighted by Crippen LogP contribution is -2.30. The Kier molecular flexibility index (Phi) is 5.96. The van der Waals surface area contributed by atoms with Crippen molar-refractivity contribution in [1.29, 1.82) is 0 Å². The van der Waals surface area contributed by atoms with Crippen LogP contribution in [-0.2, 0) is 14.8 Å². The van der Waals surface area contributed by atoms with Crippen molar-refractivity contribution in [3.63, 3.8) is 0 Å². The first-order valence-corrected chi connectivity index (χ1v) is 8.91. The van der Waals surface area contributed by atoms with Gasteiger partial charge in [-0.05, 0) is 38.7 Å². The van der Waals surface area contributed by atoms with Crippen LogP contribution in [0.1, 0.15) is 32.6 Å². The van der Waals surface area contributed by atoms with Crippen molar-refractivity contribution >= 4 is 15.7 Å². The van der Waals surface area contributed by atoms with Gasteiger partial charge in [0.15, 0.2) is 0 Å². The topological polar surface area (TPSA) is 80.3 Å². The Hall–Kier alpha value is -1.18. The average Bonchev–Trinajstić information content (AvgIpc) is 2.49. The number of rotatable bonds is 7. The van der Waals surface area contributed by atoms with Crippen LogP contribution in [0.15, 0.2) is 23.4 Å². The maximum atomic E-state index is 12.3. The summed E-state index contributed by atoms with van der Waals surface area (Å²) in [6.07, 6.45) is 7.09. The number of anilines is 1. The van der Waals surface area contributed by atoms with Gasteiger partial charge in [0, 0.05) is 32.1 Å². The van der Waals surface area contributed by atoms with E-state index in [1.165, 1.54) is 6.20 Å². The van der Waals surface area contributed by atoms with Crippen LogP contribution in [0.25, 0.3) is 0 Å². The van der Waals surface area contributed by atoms with E-state index in [4.69, 9.17) is 4.74 Å². The fourth-order valence-corrected chi connectivity index (χ4v) is 3.57. The van der Waals surface area contributed by atoms with Gasteiger partial charge in [0.25, 0.3) is 0 Å². The van der Waals surface area contributed by atoms with Gasteiger partial charge in [-0.1, -0.05) is 0 Å². The summed E-state index contributed by atoms with van der Waals surface area (Å²) in [4.78, 5) is 4.10. The van der Waals surface area contributed by atoms with Gasteiger partial charge in [-0.15, -0.1) is 0 Å². The average molecular weight is 313 g/mol. The van der Waals surface area contributed by atoms with E-state index in [1.54, 1.807) is 12.3 Å². The molecule has 7 heteroatoms. The minimum absolute atomic E-state index is 0.170. The van der Waals surface area contributed by atoms with Crippen LogP contribution in [0, 0.1) is 0 Å². The summed E-state index contributed by atoms with van der Waals surface area (Å²) in [5, 5.41) is 3.04. The number of pyridine rings is 1. The Labute approximate surface area is 126 Å². The van der Waals surface area contributed by atoms with Crippen LogP contribution in [0.3, 0.4) is 0 Å². The zero-order valence-electron chi connectivity index (χ0n) is 12.3. The predicted molar refractivity (Wildman–Crippen MR) is 81.8 cm³/mol. The number of nitrogens with zero attached hydrogens (tertiary/aromatic N) is 1. The Balaban J connectivity index is 1.94. The third-order valence-corrected chi connectivity index (χ3v) is 4.96. The molecule has 1 atom stereocenters. The molecule has 2 heterocycles. The summed E-state index contributed by atoms with van der Waals surface area (Å²) in [5.41, 5.74) is 0.578. The summed E-state index contributed by atoms with van der Waals surface area (Å²) in [6.45, 7) is 3.74. The molecule has 1 aliphatic heterocycles. The maximum absolute atomic E-state index is 12.3. The molecule has 6 nitrogen and oxygen atoms in total. The van der Waals surface area contributed by atoms with E-state index >= 15 is 0 Å². The Bertz CT molecular complexity index is 542. The second kappa shape index (κ2) is 7.72. The van der Waals surface area contributed by atoms with Gasteiger partial charge in [-0.25, -0.2) is 13.1 Å². The first-order chi connectivity index (χ1) is 10.1. The molecule has 118 valence electrons. The summed E-state index contributed by atoms with van der Waals surface area (Å²) >= 11 is 0. The van der Waals surface area contributed by atoms with E-state index in [0.717, 1.165) is 25.9 Å². The molecule has 0 aromatic carbocycles. The molecule has 0 amide bonds. The van der Waals surface area contributed by atoms with Crippen LogP contribution >= 0.6 is 0 Å².